The van der Waals surface area contributed by atoms with Crippen molar-refractivity contribution >= 4 is 31.6 Å². The average Bonchev–Trinajstić information content (AvgIpc) is 2.34. The van der Waals surface area contributed by atoms with Gasteiger partial charge in [-0.3, -0.25) is 4.72 Å². The maximum absolute atomic E-state index is 13.5. The Balaban J connectivity index is 2.37. The van der Waals surface area contributed by atoms with Crippen LogP contribution in [-0.4, -0.2) is 8.42 Å². The maximum atomic E-state index is 13.5. The molecule has 0 aliphatic rings. The molecule has 0 aromatic heterocycles. The molecular weight excluding hydrogens is 333 g/mol. The van der Waals surface area contributed by atoms with E-state index in [1.807, 2.05) is 6.92 Å². The second-order valence-corrected chi connectivity index (χ2v) is 6.51. The Morgan fingerprint density at radius 2 is 1.84 bits per heavy atom. The van der Waals surface area contributed by atoms with Crippen LogP contribution in [0.15, 0.2) is 51.8 Å². The molecule has 0 heterocycles. The smallest absolute Gasteiger partial charge is 0.264 e. The number of hydrogen-bond donors (Lipinski definition) is 1. The largest absolute Gasteiger partial charge is 0.280 e. The van der Waals surface area contributed by atoms with Crippen LogP contribution in [0, 0.1) is 12.7 Å². The Labute approximate surface area is 119 Å². The third-order valence-corrected chi connectivity index (χ3v) is 4.84. The molecule has 19 heavy (non-hydrogen) atoms. The molecule has 0 amide bonds. The van der Waals surface area contributed by atoms with E-state index in [9.17, 15) is 12.8 Å². The fourth-order valence-corrected chi connectivity index (χ4v) is 2.96. The summed E-state index contributed by atoms with van der Waals surface area (Å²) < 4.78 is 40.8. The highest BCUT2D eigenvalue weighted by Crippen LogP contribution is 2.23. The summed E-state index contributed by atoms with van der Waals surface area (Å²) in [6.45, 7) is 1.84. The van der Waals surface area contributed by atoms with Gasteiger partial charge in [0.1, 0.15) is 10.7 Å². The van der Waals surface area contributed by atoms with Crippen molar-refractivity contribution in [2.45, 2.75) is 11.8 Å². The normalized spacial score (nSPS) is 11.3. The third kappa shape index (κ3) is 3.13. The first-order valence-corrected chi connectivity index (χ1v) is 7.71. The Morgan fingerprint density at radius 3 is 2.47 bits per heavy atom. The Morgan fingerprint density at radius 1 is 1.16 bits per heavy atom. The molecule has 2 aromatic carbocycles. The van der Waals surface area contributed by atoms with Crippen molar-refractivity contribution in [2.75, 3.05) is 4.72 Å². The van der Waals surface area contributed by atoms with Crippen molar-refractivity contribution < 1.29 is 12.8 Å². The van der Waals surface area contributed by atoms with Crippen LogP contribution in [0.5, 0.6) is 0 Å². The van der Waals surface area contributed by atoms with Crippen LogP contribution in [0.1, 0.15) is 5.56 Å². The predicted octanol–water partition coefficient (Wildman–Crippen LogP) is 3.70. The topological polar surface area (TPSA) is 46.2 Å². The molecule has 0 saturated heterocycles. The van der Waals surface area contributed by atoms with Crippen molar-refractivity contribution in [1.82, 2.24) is 0 Å². The summed E-state index contributed by atoms with van der Waals surface area (Å²) in [6.07, 6.45) is 0. The summed E-state index contributed by atoms with van der Waals surface area (Å²) in [4.78, 5) is -0.365. The van der Waals surface area contributed by atoms with E-state index in [0.717, 1.165) is 16.1 Å². The quantitative estimate of drug-likeness (QED) is 0.923. The van der Waals surface area contributed by atoms with E-state index in [4.69, 9.17) is 0 Å². The van der Waals surface area contributed by atoms with Gasteiger partial charge in [-0.1, -0.05) is 28.1 Å². The van der Waals surface area contributed by atoms with Crippen LogP contribution in [0.2, 0.25) is 0 Å². The van der Waals surface area contributed by atoms with Gasteiger partial charge in [-0.2, -0.15) is 0 Å². The van der Waals surface area contributed by atoms with E-state index in [1.165, 1.54) is 18.2 Å². The first kappa shape index (κ1) is 14.0. The zero-order valence-electron chi connectivity index (χ0n) is 10.0. The van der Waals surface area contributed by atoms with Crippen molar-refractivity contribution in [2.24, 2.45) is 0 Å². The van der Waals surface area contributed by atoms with Gasteiger partial charge in [0.25, 0.3) is 10.0 Å². The predicted molar refractivity (Wildman–Crippen MR) is 76.1 cm³/mol. The van der Waals surface area contributed by atoms with E-state index < -0.39 is 15.8 Å². The fourth-order valence-electron chi connectivity index (χ4n) is 1.58. The van der Waals surface area contributed by atoms with Crippen LogP contribution < -0.4 is 4.72 Å². The number of nitrogens with one attached hydrogen (secondary N) is 1. The number of sulfonamides is 1. The lowest BCUT2D eigenvalue weighted by atomic mass is 10.2. The van der Waals surface area contributed by atoms with Crippen LogP contribution in [0.25, 0.3) is 0 Å². The molecule has 2 rings (SSSR count). The van der Waals surface area contributed by atoms with Crippen LogP contribution in [0.3, 0.4) is 0 Å². The van der Waals surface area contributed by atoms with E-state index in [0.29, 0.717) is 5.69 Å². The zero-order valence-corrected chi connectivity index (χ0v) is 12.4. The van der Waals surface area contributed by atoms with Gasteiger partial charge in [-0.15, -0.1) is 0 Å². The summed E-state index contributed by atoms with van der Waals surface area (Å²) in [6, 6.07) is 10.3. The summed E-state index contributed by atoms with van der Waals surface area (Å²) in [7, 11) is -3.91. The zero-order chi connectivity index (χ0) is 14.0. The van der Waals surface area contributed by atoms with Crippen LogP contribution in [-0.2, 0) is 10.0 Å². The first-order chi connectivity index (χ1) is 8.90. The molecule has 0 unspecified atom stereocenters. The summed E-state index contributed by atoms with van der Waals surface area (Å²) >= 11 is 3.33. The highest BCUT2D eigenvalue weighted by molar-refractivity contribution is 9.10. The highest BCUT2D eigenvalue weighted by Gasteiger charge is 2.18. The van der Waals surface area contributed by atoms with Crippen molar-refractivity contribution in [3.8, 4) is 0 Å². The lowest BCUT2D eigenvalue weighted by Crippen LogP contribution is -2.14. The summed E-state index contributed by atoms with van der Waals surface area (Å²) in [5, 5.41) is 0. The molecule has 0 saturated carbocycles. The van der Waals surface area contributed by atoms with Gasteiger partial charge in [-0.25, -0.2) is 12.8 Å². The van der Waals surface area contributed by atoms with Gasteiger partial charge in [-0.05, 0) is 42.8 Å². The average molecular weight is 344 g/mol. The number of halogens is 2. The molecule has 0 aliphatic carbocycles. The molecule has 3 nitrogen and oxygen atoms in total. The molecule has 0 aliphatic heterocycles. The fraction of sp³-hybridized carbons (Fsp3) is 0.0769. The lowest BCUT2D eigenvalue weighted by Gasteiger charge is -2.10. The first-order valence-electron chi connectivity index (χ1n) is 5.43. The monoisotopic (exact) mass is 343 g/mol. The summed E-state index contributed by atoms with van der Waals surface area (Å²) in [5.74, 6) is -0.774. The van der Waals surface area contributed by atoms with E-state index in [-0.39, 0.29) is 4.90 Å². The molecular formula is C13H11BrFNO2S. The molecule has 0 atom stereocenters. The molecule has 2 aromatic rings. The summed E-state index contributed by atoms with van der Waals surface area (Å²) in [5.41, 5.74) is 1.28. The minimum absolute atomic E-state index is 0.365. The minimum atomic E-state index is -3.91. The molecule has 0 spiro atoms. The van der Waals surface area contributed by atoms with E-state index >= 15 is 0 Å². The van der Waals surface area contributed by atoms with Crippen molar-refractivity contribution in [3.05, 3.63) is 58.3 Å². The SMILES string of the molecule is Cc1cc(NS(=O)(=O)c2ccccc2F)ccc1Br. The highest BCUT2D eigenvalue weighted by atomic mass is 79.9. The van der Waals surface area contributed by atoms with Gasteiger partial charge in [0, 0.05) is 10.2 Å². The number of rotatable bonds is 3. The minimum Gasteiger partial charge on any atom is -0.280 e. The van der Waals surface area contributed by atoms with Gasteiger partial charge in [0.2, 0.25) is 0 Å². The van der Waals surface area contributed by atoms with Gasteiger partial charge < -0.3 is 0 Å². The maximum Gasteiger partial charge on any atom is 0.264 e. The Bertz CT molecular complexity index is 716. The Kier molecular flexibility index (Phi) is 3.91. The standard InChI is InChI=1S/C13H11BrFNO2S/c1-9-8-10(6-7-11(9)14)16-19(17,18)13-5-3-2-4-12(13)15/h2-8,16H,1H3. The van der Waals surface area contributed by atoms with Crippen LogP contribution in [0.4, 0.5) is 10.1 Å². The Hall–Kier alpha value is -1.40. The van der Waals surface area contributed by atoms with E-state index in [2.05, 4.69) is 20.7 Å². The molecule has 0 radical (unpaired) electrons. The molecule has 100 valence electrons. The van der Waals surface area contributed by atoms with Crippen LogP contribution >= 0.6 is 15.9 Å². The number of hydrogen-bond acceptors (Lipinski definition) is 2. The number of aryl methyl sites for hydroxylation is 1. The second-order valence-electron chi connectivity index (χ2n) is 4.00. The van der Waals surface area contributed by atoms with Gasteiger partial charge in [0.05, 0.1) is 0 Å². The molecule has 1 N–H and O–H groups in total. The number of benzene rings is 2. The van der Waals surface area contributed by atoms with Gasteiger partial charge >= 0.3 is 0 Å². The second kappa shape index (κ2) is 5.30. The molecule has 0 bridgehead atoms. The molecule has 6 heteroatoms. The lowest BCUT2D eigenvalue weighted by molar-refractivity contribution is 0.570. The number of anilines is 1. The van der Waals surface area contributed by atoms with Gasteiger partial charge in [0.15, 0.2) is 0 Å². The molecule has 0 fully saturated rings. The van der Waals surface area contributed by atoms with E-state index in [1.54, 1.807) is 18.2 Å². The third-order valence-electron chi connectivity index (χ3n) is 2.54. The van der Waals surface area contributed by atoms with Crippen molar-refractivity contribution in [3.63, 3.8) is 0 Å². The van der Waals surface area contributed by atoms with Crippen molar-refractivity contribution in [1.29, 1.82) is 0 Å².